The molecule has 6 N–H and O–H groups in total. The van der Waals surface area contributed by atoms with E-state index in [1.165, 1.54) is 12.0 Å². The molecule has 0 saturated heterocycles. The molecular weight excluding hydrogens is 392 g/mol. The number of hydrogen-bond acceptors (Lipinski definition) is 5. The molecule has 2 amide bonds. The summed E-state index contributed by atoms with van der Waals surface area (Å²) in [7, 11) is 0. The SMILES string of the molecule is N[C@@H](C(=O)Nc1cc2c3c(c(C4=CCNCC4)[nH]c3c1)C=NNC2=O)C1CCCCC1. The Hall–Kier alpha value is -2.97. The molecule has 1 saturated carbocycles. The summed E-state index contributed by atoms with van der Waals surface area (Å²) < 4.78 is 0. The fourth-order valence-electron chi connectivity index (χ4n) is 4.99. The normalized spacial score (nSPS) is 20.2. The van der Waals surface area contributed by atoms with Gasteiger partial charge in [0, 0.05) is 28.7 Å². The Morgan fingerprint density at radius 3 is 2.84 bits per heavy atom. The average molecular weight is 421 g/mol. The number of hydrogen-bond donors (Lipinski definition) is 5. The lowest BCUT2D eigenvalue weighted by Crippen LogP contribution is -2.42. The maximum absolute atomic E-state index is 12.8. The number of anilines is 1. The van der Waals surface area contributed by atoms with Crippen LogP contribution in [-0.2, 0) is 4.79 Å². The Balaban J connectivity index is 1.51. The summed E-state index contributed by atoms with van der Waals surface area (Å²) in [4.78, 5) is 29.0. The van der Waals surface area contributed by atoms with Gasteiger partial charge in [-0.05, 0) is 49.4 Å². The van der Waals surface area contributed by atoms with Gasteiger partial charge in [0.1, 0.15) is 0 Å². The molecule has 31 heavy (non-hydrogen) atoms. The number of nitrogens with two attached hydrogens (primary N) is 1. The van der Waals surface area contributed by atoms with E-state index in [0.717, 1.165) is 67.4 Å². The van der Waals surface area contributed by atoms with Crippen LogP contribution < -0.4 is 21.8 Å². The maximum atomic E-state index is 12.8. The Bertz CT molecular complexity index is 1090. The third-order valence-electron chi connectivity index (χ3n) is 6.65. The Labute approximate surface area is 180 Å². The van der Waals surface area contributed by atoms with Crippen molar-refractivity contribution in [1.29, 1.82) is 0 Å². The zero-order valence-corrected chi connectivity index (χ0v) is 17.5. The van der Waals surface area contributed by atoms with Gasteiger partial charge in [-0.3, -0.25) is 9.59 Å². The first-order valence-corrected chi connectivity index (χ1v) is 11.1. The maximum Gasteiger partial charge on any atom is 0.272 e. The molecule has 3 heterocycles. The van der Waals surface area contributed by atoms with E-state index in [2.05, 4.69) is 32.2 Å². The highest BCUT2D eigenvalue weighted by Gasteiger charge is 2.27. The third-order valence-corrected chi connectivity index (χ3v) is 6.65. The summed E-state index contributed by atoms with van der Waals surface area (Å²) in [5.74, 6) is -0.277. The van der Waals surface area contributed by atoms with Crippen molar-refractivity contribution in [2.75, 3.05) is 18.4 Å². The topological polar surface area (TPSA) is 124 Å². The molecule has 0 unspecified atom stereocenters. The molecule has 1 aromatic heterocycles. The van der Waals surface area contributed by atoms with Gasteiger partial charge in [-0.1, -0.05) is 25.3 Å². The lowest BCUT2D eigenvalue weighted by atomic mass is 9.84. The molecule has 2 aliphatic heterocycles. The van der Waals surface area contributed by atoms with Crippen molar-refractivity contribution < 1.29 is 9.59 Å². The lowest BCUT2D eigenvalue weighted by molar-refractivity contribution is -0.118. The number of carbonyl (C=O) groups excluding carboxylic acids is 2. The van der Waals surface area contributed by atoms with Crippen LogP contribution in [0.25, 0.3) is 16.5 Å². The minimum Gasteiger partial charge on any atom is -0.354 e. The molecule has 0 bridgehead atoms. The van der Waals surface area contributed by atoms with Crippen molar-refractivity contribution >= 4 is 40.2 Å². The summed E-state index contributed by atoms with van der Waals surface area (Å²) in [6, 6.07) is 3.06. The zero-order valence-electron chi connectivity index (χ0n) is 17.5. The number of carbonyl (C=O) groups is 2. The van der Waals surface area contributed by atoms with Crippen LogP contribution in [0.15, 0.2) is 23.3 Å². The molecule has 8 heteroatoms. The monoisotopic (exact) mass is 420 g/mol. The zero-order chi connectivity index (χ0) is 21.4. The van der Waals surface area contributed by atoms with Gasteiger partial charge in [0.25, 0.3) is 5.91 Å². The number of hydrazone groups is 1. The first-order chi connectivity index (χ1) is 15.1. The van der Waals surface area contributed by atoms with Crippen LogP contribution in [0.5, 0.6) is 0 Å². The molecule has 2 aromatic rings. The van der Waals surface area contributed by atoms with Crippen LogP contribution in [0.1, 0.15) is 60.1 Å². The van der Waals surface area contributed by atoms with Crippen LogP contribution in [0.4, 0.5) is 5.69 Å². The lowest BCUT2D eigenvalue weighted by Gasteiger charge is -2.26. The molecule has 8 nitrogen and oxygen atoms in total. The summed E-state index contributed by atoms with van der Waals surface area (Å²) in [6.45, 7) is 1.72. The van der Waals surface area contributed by atoms with Crippen LogP contribution >= 0.6 is 0 Å². The van der Waals surface area contributed by atoms with Crippen molar-refractivity contribution in [2.45, 2.75) is 44.6 Å². The largest absolute Gasteiger partial charge is 0.354 e. The molecule has 3 aliphatic rings. The second-order valence-electron chi connectivity index (χ2n) is 8.66. The fourth-order valence-corrected chi connectivity index (χ4v) is 4.99. The molecule has 1 fully saturated rings. The molecular formula is C23H28N6O2. The quantitative estimate of drug-likeness (QED) is 0.521. The van der Waals surface area contributed by atoms with Gasteiger partial charge in [-0.25, -0.2) is 5.43 Å². The molecule has 1 atom stereocenters. The van der Waals surface area contributed by atoms with Gasteiger partial charge in [0.05, 0.1) is 23.5 Å². The van der Waals surface area contributed by atoms with E-state index >= 15 is 0 Å². The Morgan fingerprint density at radius 1 is 1.23 bits per heavy atom. The average Bonchev–Trinajstić information content (AvgIpc) is 3.08. The second kappa shape index (κ2) is 8.28. The van der Waals surface area contributed by atoms with E-state index in [-0.39, 0.29) is 17.7 Å². The summed E-state index contributed by atoms with van der Waals surface area (Å²) in [5.41, 5.74) is 13.8. The first kappa shape index (κ1) is 20.0. The van der Waals surface area contributed by atoms with Crippen molar-refractivity contribution in [3.63, 3.8) is 0 Å². The third kappa shape index (κ3) is 3.77. The van der Waals surface area contributed by atoms with Gasteiger partial charge in [0.15, 0.2) is 0 Å². The highest BCUT2D eigenvalue weighted by Crippen LogP contribution is 2.34. The van der Waals surface area contributed by atoms with Gasteiger partial charge in [0.2, 0.25) is 5.91 Å². The first-order valence-electron chi connectivity index (χ1n) is 11.1. The summed E-state index contributed by atoms with van der Waals surface area (Å²) >= 11 is 0. The highest BCUT2D eigenvalue weighted by molar-refractivity contribution is 6.17. The van der Waals surface area contributed by atoms with E-state index in [1.54, 1.807) is 12.3 Å². The van der Waals surface area contributed by atoms with Crippen molar-refractivity contribution in [2.24, 2.45) is 16.8 Å². The second-order valence-corrected chi connectivity index (χ2v) is 8.66. The van der Waals surface area contributed by atoms with E-state index in [4.69, 9.17) is 5.73 Å². The molecule has 0 radical (unpaired) electrons. The summed E-state index contributed by atoms with van der Waals surface area (Å²) in [5, 5.41) is 11.2. The number of nitrogens with one attached hydrogen (secondary N) is 4. The number of rotatable bonds is 4. The minimum absolute atomic E-state index is 0.197. The number of benzene rings is 1. The molecule has 5 rings (SSSR count). The van der Waals surface area contributed by atoms with Gasteiger partial charge in [-0.2, -0.15) is 5.10 Å². The van der Waals surface area contributed by atoms with Crippen molar-refractivity contribution in [1.82, 2.24) is 15.7 Å². The Morgan fingerprint density at radius 2 is 2.06 bits per heavy atom. The highest BCUT2D eigenvalue weighted by atomic mass is 16.2. The van der Waals surface area contributed by atoms with Gasteiger partial charge >= 0.3 is 0 Å². The number of amides is 2. The van der Waals surface area contributed by atoms with Gasteiger partial charge < -0.3 is 21.4 Å². The predicted octanol–water partition coefficient (Wildman–Crippen LogP) is 2.47. The Kier molecular flexibility index (Phi) is 5.33. The fraction of sp³-hybridized carbons (Fsp3) is 0.435. The number of aromatic amines is 1. The number of nitrogens with zero attached hydrogens (tertiary/aromatic N) is 1. The number of H-pyrrole nitrogens is 1. The number of aromatic nitrogens is 1. The van der Waals surface area contributed by atoms with Crippen LogP contribution in [-0.4, -0.2) is 42.1 Å². The van der Waals surface area contributed by atoms with E-state index < -0.39 is 6.04 Å². The van der Waals surface area contributed by atoms with Crippen LogP contribution in [0.2, 0.25) is 0 Å². The standard InChI is InChI=1S/C23H28N6O2/c24-20(13-4-2-1-3-5-13)23(31)27-15-10-16-19-17(12-26-29-22(16)30)21(28-18(19)11-15)14-6-8-25-9-7-14/h6,10-13,20,25,28H,1-5,7-9,24H2,(H,27,31)(H,29,30)/t20-/m1/s1. The van der Waals surface area contributed by atoms with E-state index in [0.29, 0.717) is 11.3 Å². The van der Waals surface area contributed by atoms with E-state index in [1.807, 2.05) is 6.07 Å². The van der Waals surface area contributed by atoms with E-state index in [9.17, 15) is 9.59 Å². The molecule has 1 aromatic carbocycles. The van der Waals surface area contributed by atoms with Crippen LogP contribution in [0, 0.1) is 5.92 Å². The smallest absolute Gasteiger partial charge is 0.272 e. The van der Waals surface area contributed by atoms with Crippen molar-refractivity contribution in [3.8, 4) is 0 Å². The van der Waals surface area contributed by atoms with Gasteiger partial charge in [-0.15, -0.1) is 0 Å². The molecule has 162 valence electrons. The molecule has 0 spiro atoms. The van der Waals surface area contributed by atoms with Crippen LogP contribution in [0.3, 0.4) is 0 Å². The predicted molar refractivity (Wildman–Crippen MR) is 122 cm³/mol. The molecule has 1 aliphatic carbocycles. The minimum atomic E-state index is -0.540. The summed E-state index contributed by atoms with van der Waals surface area (Å²) in [6.07, 6.45) is 10.2. The van der Waals surface area contributed by atoms with Crippen molar-refractivity contribution in [3.05, 3.63) is 35.0 Å².